The van der Waals surface area contributed by atoms with Gasteiger partial charge in [-0.25, -0.2) is 0 Å². The highest BCUT2D eigenvalue weighted by atomic mass is 16.6. The molecule has 1 saturated heterocycles. The van der Waals surface area contributed by atoms with E-state index >= 15 is 0 Å². The summed E-state index contributed by atoms with van der Waals surface area (Å²) in [6, 6.07) is 0. The molecule has 1 heterocycles. The van der Waals surface area contributed by atoms with Crippen LogP contribution >= 0.6 is 0 Å². The van der Waals surface area contributed by atoms with Crippen LogP contribution in [-0.4, -0.2) is 11.9 Å². The number of carbonyl (C=O) groups is 2. The molecule has 1 aliphatic heterocycles. The number of unbranched alkanes of at least 4 members (excludes halogenated alkanes) is 7. The molecule has 1 rings (SSSR count). The Labute approximate surface area is 142 Å². The summed E-state index contributed by atoms with van der Waals surface area (Å²) in [6.07, 6.45) is 16.9. The van der Waals surface area contributed by atoms with Gasteiger partial charge in [0, 0.05) is 0 Å². The molecule has 3 nitrogen and oxygen atoms in total. The van der Waals surface area contributed by atoms with E-state index in [4.69, 9.17) is 0 Å². The second-order valence-corrected chi connectivity index (χ2v) is 7.16. The van der Waals surface area contributed by atoms with Crippen molar-refractivity contribution in [2.75, 3.05) is 0 Å². The minimum Gasteiger partial charge on any atom is -0.393 e. The molecule has 1 fully saturated rings. The molecular formula is C20H36O3. The zero-order valence-electron chi connectivity index (χ0n) is 15.3. The van der Waals surface area contributed by atoms with Gasteiger partial charge in [-0.3, -0.25) is 9.59 Å². The summed E-state index contributed by atoms with van der Waals surface area (Å²) in [7, 11) is 0. The van der Waals surface area contributed by atoms with Gasteiger partial charge in [-0.1, -0.05) is 90.9 Å². The van der Waals surface area contributed by atoms with E-state index in [9.17, 15) is 9.59 Å². The molecular weight excluding hydrogens is 288 g/mol. The first kappa shape index (κ1) is 20.2. The van der Waals surface area contributed by atoms with Crippen LogP contribution in [-0.2, 0) is 14.3 Å². The molecule has 0 amide bonds. The third kappa shape index (κ3) is 9.12. The first-order valence-electron chi connectivity index (χ1n) is 9.91. The molecule has 0 aliphatic carbocycles. The summed E-state index contributed by atoms with van der Waals surface area (Å²) in [4.78, 5) is 22.4. The zero-order valence-corrected chi connectivity index (χ0v) is 15.3. The van der Waals surface area contributed by atoms with Crippen LogP contribution in [0.25, 0.3) is 0 Å². The monoisotopic (exact) mass is 324 g/mol. The van der Waals surface area contributed by atoms with Crippen molar-refractivity contribution in [1.82, 2.24) is 0 Å². The highest BCUT2D eigenvalue weighted by molar-refractivity contribution is 5.94. The van der Waals surface area contributed by atoms with Crippen molar-refractivity contribution in [3.63, 3.8) is 0 Å². The molecule has 0 spiro atoms. The van der Waals surface area contributed by atoms with Gasteiger partial charge >= 0.3 is 11.9 Å². The fraction of sp³-hybridized carbons (Fsp3) is 0.900. The lowest BCUT2D eigenvalue weighted by Crippen LogP contribution is -2.07. The number of carbonyl (C=O) groups excluding carboxylic acids is 2. The highest BCUT2D eigenvalue weighted by Crippen LogP contribution is 2.25. The summed E-state index contributed by atoms with van der Waals surface area (Å²) in [6.45, 7) is 4.55. The summed E-state index contributed by atoms with van der Waals surface area (Å²) in [5.41, 5.74) is 0. The first-order chi connectivity index (χ1) is 11.2. The molecule has 134 valence electrons. The van der Waals surface area contributed by atoms with Crippen LogP contribution in [0.3, 0.4) is 0 Å². The Bertz CT molecular complexity index is 338. The number of hydrogen-bond donors (Lipinski definition) is 0. The third-order valence-corrected chi connectivity index (χ3v) is 5.17. The maximum Gasteiger partial charge on any atom is 0.317 e. The van der Waals surface area contributed by atoms with E-state index in [1.54, 1.807) is 0 Å². The Morgan fingerprint density at radius 3 is 2.09 bits per heavy atom. The van der Waals surface area contributed by atoms with Gasteiger partial charge in [-0.15, -0.1) is 0 Å². The molecule has 0 radical (unpaired) electrons. The van der Waals surface area contributed by atoms with E-state index in [0.717, 1.165) is 18.8 Å². The maximum absolute atomic E-state index is 11.4. The normalized spacial score (nSPS) is 19.1. The maximum atomic E-state index is 11.4. The van der Waals surface area contributed by atoms with Gasteiger partial charge in [0.25, 0.3) is 0 Å². The molecule has 0 aromatic heterocycles. The Morgan fingerprint density at radius 1 is 0.913 bits per heavy atom. The number of cyclic esters (lactones) is 2. The number of rotatable bonds is 14. The molecule has 23 heavy (non-hydrogen) atoms. The molecule has 0 N–H and O–H groups in total. The Morgan fingerprint density at radius 2 is 1.52 bits per heavy atom. The van der Waals surface area contributed by atoms with Crippen LogP contribution in [0.4, 0.5) is 0 Å². The van der Waals surface area contributed by atoms with E-state index in [1.165, 1.54) is 70.6 Å². The van der Waals surface area contributed by atoms with Crippen LogP contribution in [0, 0.1) is 11.8 Å². The van der Waals surface area contributed by atoms with E-state index in [-0.39, 0.29) is 17.9 Å². The SMILES string of the molecule is CCCCCCCCCC(CC)CCCCC1CC(=O)OC1=O. The number of esters is 2. The smallest absolute Gasteiger partial charge is 0.317 e. The average molecular weight is 325 g/mol. The predicted molar refractivity (Wildman–Crippen MR) is 94.1 cm³/mol. The minimum atomic E-state index is -0.342. The van der Waals surface area contributed by atoms with Crippen LogP contribution < -0.4 is 0 Å². The molecule has 2 unspecified atom stereocenters. The molecule has 0 saturated carbocycles. The fourth-order valence-corrected chi connectivity index (χ4v) is 3.51. The highest BCUT2D eigenvalue weighted by Gasteiger charge is 2.32. The third-order valence-electron chi connectivity index (χ3n) is 5.17. The van der Waals surface area contributed by atoms with E-state index in [2.05, 4.69) is 18.6 Å². The van der Waals surface area contributed by atoms with Gasteiger partial charge in [0.2, 0.25) is 0 Å². The average Bonchev–Trinajstić information content (AvgIpc) is 2.86. The summed E-state index contributed by atoms with van der Waals surface area (Å²) in [5, 5.41) is 0. The fourth-order valence-electron chi connectivity index (χ4n) is 3.51. The Balaban J connectivity index is 1.99. The van der Waals surface area contributed by atoms with Crippen molar-refractivity contribution in [2.45, 2.75) is 104 Å². The van der Waals surface area contributed by atoms with E-state index < -0.39 is 0 Å². The Kier molecular flexibility index (Phi) is 11.0. The van der Waals surface area contributed by atoms with Crippen LogP contribution in [0.5, 0.6) is 0 Å². The van der Waals surface area contributed by atoms with Crippen molar-refractivity contribution in [3.05, 3.63) is 0 Å². The van der Waals surface area contributed by atoms with Crippen molar-refractivity contribution in [2.24, 2.45) is 11.8 Å². The topological polar surface area (TPSA) is 43.4 Å². The van der Waals surface area contributed by atoms with Crippen molar-refractivity contribution in [1.29, 1.82) is 0 Å². The minimum absolute atomic E-state index is 0.161. The lowest BCUT2D eigenvalue weighted by Gasteiger charge is -2.15. The summed E-state index contributed by atoms with van der Waals surface area (Å²) >= 11 is 0. The number of hydrogen-bond acceptors (Lipinski definition) is 3. The van der Waals surface area contributed by atoms with E-state index in [0.29, 0.717) is 6.42 Å². The predicted octanol–water partition coefficient (Wildman–Crippen LogP) is 5.80. The molecule has 1 aliphatic rings. The quantitative estimate of drug-likeness (QED) is 0.230. The zero-order chi connectivity index (χ0) is 16.9. The van der Waals surface area contributed by atoms with Crippen LogP contribution in [0.15, 0.2) is 0 Å². The lowest BCUT2D eigenvalue weighted by molar-refractivity contribution is -0.153. The lowest BCUT2D eigenvalue weighted by atomic mass is 9.91. The molecule has 0 aromatic rings. The molecule has 2 atom stereocenters. The van der Waals surface area contributed by atoms with Gasteiger partial charge < -0.3 is 4.74 Å². The van der Waals surface area contributed by atoms with E-state index in [1.807, 2.05) is 0 Å². The largest absolute Gasteiger partial charge is 0.393 e. The first-order valence-corrected chi connectivity index (χ1v) is 9.91. The number of ether oxygens (including phenoxy) is 1. The van der Waals surface area contributed by atoms with Gasteiger partial charge in [-0.2, -0.15) is 0 Å². The summed E-state index contributed by atoms with van der Waals surface area (Å²) < 4.78 is 4.60. The summed E-state index contributed by atoms with van der Waals surface area (Å²) in [5.74, 6) is 0.0315. The standard InChI is InChI=1S/C20H36O3/c1-3-5-6-7-8-9-10-13-17(4-2)14-11-12-15-18-16-19(21)23-20(18)22/h17-18H,3-16H2,1-2H3. The second-order valence-electron chi connectivity index (χ2n) is 7.16. The van der Waals surface area contributed by atoms with Gasteiger partial charge in [0.1, 0.15) is 0 Å². The van der Waals surface area contributed by atoms with Crippen LogP contribution in [0.2, 0.25) is 0 Å². The van der Waals surface area contributed by atoms with Crippen LogP contribution in [0.1, 0.15) is 104 Å². The molecule has 0 bridgehead atoms. The Hall–Kier alpha value is -0.860. The molecule has 3 heteroatoms. The van der Waals surface area contributed by atoms with Crippen molar-refractivity contribution >= 4 is 11.9 Å². The molecule has 0 aromatic carbocycles. The van der Waals surface area contributed by atoms with Gasteiger partial charge in [0.05, 0.1) is 12.3 Å². The van der Waals surface area contributed by atoms with Crippen molar-refractivity contribution < 1.29 is 14.3 Å². The van der Waals surface area contributed by atoms with Crippen molar-refractivity contribution in [3.8, 4) is 0 Å². The second kappa shape index (κ2) is 12.5. The van der Waals surface area contributed by atoms with Gasteiger partial charge in [-0.05, 0) is 12.3 Å². The van der Waals surface area contributed by atoms with Gasteiger partial charge in [0.15, 0.2) is 0 Å².